The SMILES string of the molecule is COCCOC[n+]1cccc(COC(=O)C(C)(C)C)c1. The van der Waals surface area contributed by atoms with E-state index in [4.69, 9.17) is 14.2 Å². The Bertz CT molecular complexity index is 426. The lowest BCUT2D eigenvalue weighted by Crippen LogP contribution is -2.35. The van der Waals surface area contributed by atoms with Crippen molar-refractivity contribution in [1.82, 2.24) is 0 Å². The Hall–Kier alpha value is -1.46. The van der Waals surface area contributed by atoms with Crippen molar-refractivity contribution in [3.63, 3.8) is 0 Å². The number of hydrogen-bond acceptors (Lipinski definition) is 4. The van der Waals surface area contributed by atoms with Gasteiger partial charge in [-0.15, -0.1) is 0 Å². The van der Waals surface area contributed by atoms with Gasteiger partial charge in [-0.2, -0.15) is 4.57 Å². The highest BCUT2D eigenvalue weighted by molar-refractivity contribution is 5.75. The summed E-state index contributed by atoms with van der Waals surface area (Å²) in [6, 6.07) is 3.82. The molecule has 0 aliphatic rings. The Balaban J connectivity index is 2.45. The molecule has 0 saturated heterocycles. The number of pyridine rings is 1. The fraction of sp³-hybridized carbons (Fsp3) is 0.600. The summed E-state index contributed by atoms with van der Waals surface area (Å²) in [6.45, 7) is 7.36. The molecule has 5 heteroatoms. The molecule has 0 aliphatic carbocycles. The molecular weight excluding hydrogens is 258 g/mol. The van der Waals surface area contributed by atoms with Gasteiger partial charge in [0, 0.05) is 13.2 Å². The molecule has 0 N–H and O–H groups in total. The van der Waals surface area contributed by atoms with Crippen molar-refractivity contribution in [1.29, 1.82) is 0 Å². The normalized spacial score (nSPS) is 11.4. The van der Waals surface area contributed by atoms with Crippen LogP contribution in [0.3, 0.4) is 0 Å². The lowest BCUT2D eigenvalue weighted by molar-refractivity contribution is -0.733. The topological polar surface area (TPSA) is 48.6 Å². The second-order valence-electron chi connectivity index (χ2n) is 5.58. The first-order chi connectivity index (χ1) is 9.43. The third kappa shape index (κ3) is 6.12. The van der Waals surface area contributed by atoms with E-state index in [1.165, 1.54) is 0 Å². The molecule has 0 fully saturated rings. The molecule has 0 unspecified atom stereocenters. The molecule has 1 aromatic rings. The summed E-state index contributed by atoms with van der Waals surface area (Å²) in [5, 5.41) is 0. The highest BCUT2D eigenvalue weighted by Gasteiger charge is 2.23. The van der Waals surface area contributed by atoms with Gasteiger partial charge in [-0.3, -0.25) is 4.79 Å². The average Bonchev–Trinajstić information content (AvgIpc) is 2.40. The average molecular weight is 282 g/mol. The molecule has 0 atom stereocenters. The van der Waals surface area contributed by atoms with E-state index in [0.29, 0.717) is 19.9 Å². The van der Waals surface area contributed by atoms with Crippen LogP contribution in [-0.2, 0) is 32.3 Å². The molecule has 5 nitrogen and oxygen atoms in total. The smallest absolute Gasteiger partial charge is 0.311 e. The van der Waals surface area contributed by atoms with E-state index < -0.39 is 5.41 Å². The Morgan fingerprint density at radius 3 is 2.70 bits per heavy atom. The second-order valence-corrected chi connectivity index (χ2v) is 5.58. The van der Waals surface area contributed by atoms with Gasteiger partial charge in [0.05, 0.1) is 24.2 Å². The number of aromatic nitrogens is 1. The number of esters is 1. The Morgan fingerprint density at radius 1 is 1.30 bits per heavy atom. The van der Waals surface area contributed by atoms with Crippen LogP contribution in [0.4, 0.5) is 0 Å². The van der Waals surface area contributed by atoms with Gasteiger partial charge >= 0.3 is 5.97 Å². The summed E-state index contributed by atoms with van der Waals surface area (Å²) in [5.41, 5.74) is 0.453. The molecule has 0 aromatic carbocycles. The van der Waals surface area contributed by atoms with Crippen LogP contribution in [0.5, 0.6) is 0 Å². The van der Waals surface area contributed by atoms with Crippen LogP contribution in [0.25, 0.3) is 0 Å². The number of methoxy groups -OCH3 is 1. The zero-order valence-electron chi connectivity index (χ0n) is 12.7. The van der Waals surface area contributed by atoms with E-state index >= 15 is 0 Å². The maximum absolute atomic E-state index is 11.7. The van der Waals surface area contributed by atoms with E-state index in [0.717, 1.165) is 5.56 Å². The maximum Gasteiger partial charge on any atom is 0.311 e. The minimum Gasteiger partial charge on any atom is -0.460 e. The van der Waals surface area contributed by atoms with Crippen molar-refractivity contribution in [2.24, 2.45) is 5.41 Å². The predicted molar refractivity (Wildman–Crippen MR) is 73.7 cm³/mol. The van der Waals surface area contributed by atoms with Crippen molar-refractivity contribution in [2.75, 3.05) is 20.3 Å². The van der Waals surface area contributed by atoms with Gasteiger partial charge in [0.2, 0.25) is 0 Å². The van der Waals surface area contributed by atoms with Crippen LogP contribution in [0.1, 0.15) is 26.3 Å². The van der Waals surface area contributed by atoms with Gasteiger partial charge in [-0.05, 0) is 26.8 Å². The third-order valence-corrected chi connectivity index (χ3v) is 2.57. The van der Waals surface area contributed by atoms with Gasteiger partial charge in [0.1, 0.15) is 6.61 Å². The summed E-state index contributed by atoms with van der Waals surface area (Å²) in [4.78, 5) is 11.7. The van der Waals surface area contributed by atoms with Crippen molar-refractivity contribution in [2.45, 2.75) is 34.1 Å². The van der Waals surface area contributed by atoms with E-state index in [1.807, 2.05) is 49.9 Å². The van der Waals surface area contributed by atoms with Crippen molar-refractivity contribution in [3.05, 3.63) is 30.1 Å². The van der Waals surface area contributed by atoms with Gasteiger partial charge in [-0.1, -0.05) is 0 Å². The minimum atomic E-state index is -0.478. The Kier molecular flexibility index (Phi) is 6.61. The van der Waals surface area contributed by atoms with Crippen LogP contribution >= 0.6 is 0 Å². The largest absolute Gasteiger partial charge is 0.460 e. The summed E-state index contributed by atoms with van der Waals surface area (Å²) < 4.78 is 17.5. The van der Waals surface area contributed by atoms with Gasteiger partial charge < -0.3 is 14.2 Å². The molecule has 1 aromatic heterocycles. The fourth-order valence-corrected chi connectivity index (χ4v) is 1.42. The molecule has 0 bridgehead atoms. The summed E-state index contributed by atoms with van der Waals surface area (Å²) in [7, 11) is 1.64. The van der Waals surface area contributed by atoms with Crippen LogP contribution in [0.15, 0.2) is 24.5 Å². The van der Waals surface area contributed by atoms with Crippen LogP contribution in [0, 0.1) is 5.41 Å². The molecule has 0 saturated carbocycles. The van der Waals surface area contributed by atoms with E-state index in [2.05, 4.69) is 0 Å². The highest BCUT2D eigenvalue weighted by Crippen LogP contribution is 2.16. The number of carbonyl (C=O) groups excluding carboxylic acids is 1. The number of hydrogen-bond donors (Lipinski definition) is 0. The first-order valence-electron chi connectivity index (χ1n) is 6.65. The van der Waals surface area contributed by atoms with Crippen molar-refractivity contribution in [3.8, 4) is 0 Å². The molecule has 0 amide bonds. The monoisotopic (exact) mass is 282 g/mol. The molecule has 1 heterocycles. The lowest BCUT2D eigenvalue weighted by Gasteiger charge is -2.16. The van der Waals surface area contributed by atoms with E-state index in [1.54, 1.807) is 7.11 Å². The number of ether oxygens (including phenoxy) is 3. The number of carbonyl (C=O) groups is 1. The summed E-state index contributed by atoms with van der Waals surface area (Å²) >= 11 is 0. The molecule has 0 aliphatic heterocycles. The van der Waals surface area contributed by atoms with Crippen molar-refractivity contribution < 1.29 is 23.6 Å². The molecule has 20 heavy (non-hydrogen) atoms. The van der Waals surface area contributed by atoms with Crippen molar-refractivity contribution >= 4 is 5.97 Å². The quantitative estimate of drug-likeness (QED) is 0.434. The first kappa shape index (κ1) is 16.6. The highest BCUT2D eigenvalue weighted by atomic mass is 16.5. The lowest BCUT2D eigenvalue weighted by atomic mass is 9.97. The zero-order valence-corrected chi connectivity index (χ0v) is 12.7. The molecule has 1 rings (SSSR count). The second kappa shape index (κ2) is 7.97. The molecule has 0 spiro atoms. The van der Waals surface area contributed by atoms with Gasteiger partial charge in [0.25, 0.3) is 6.73 Å². The molecular formula is C15H24NO4+. The first-order valence-corrected chi connectivity index (χ1v) is 6.65. The number of rotatable bonds is 7. The molecule has 112 valence electrons. The van der Waals surface area contributed by atoms with Crippen LogP contribution in [0.2, 0.25) is 0 Å². The fourth-order valence-electron chi connectivity index (χ4n) is 1.42. The Labute approximate surface area is 120 Å². The summed E-state index contributed by atoms with van der Waals surface area (Å²) in [5.74, 6) is -0.204. The predicted octanol–water partition coefficient (Wildman–Crippen LogP) is 1.68. The Morgan fingerprint density at radius 2 is 2.05 bits per heavy atom. The minimum absolute atomic E-state index is 0.204. The van der Waals surface area contributed by atoms with Crippen LogP contribution in [-0.4, -0.2) is 26.3 Å². The van der Waals surface area contributed by atoms with Gasteiger partial charge in [0.15, 0.2) is 12.4 Å². The van der Waals surface area contributed by atoms with E-state index in [-0.39, 0.29) is 12.6 Å². The summed E-state index contributed by atoms with van der Waals surface area (Å²) in [6.07, 6.45) is 3.81. The maximum atomic E-state index is 11.7. The van der Waals surface area contributed by atoms with Crippen LogP contribution < -0.4 is 4.57 Å². The van der Waals surface area contributed by atoms with Gasteiger partial charge in [-0.25, -0.2) is 0 Å². The standard InChI is InChI=1S/C15H24NO4/c1-15(2,3)14(17)20-11-13-6-5-7-16(10-13)12-19-9-8-18-4/h5-7,10H,8-9,11-12H2,1-4H3/q+1. The third-order valence-electron chi connectivity index (χ3n) is 2.57. The number of nitrogens with zero attached hydrogens (tertiary/aromatic N) is 1. The van der Waals surface area contributed by atoms with E-state index in [9.17, 15) is 4.79 Å². The zero-order chi connectivity index (χ0) is 15.0. The molecule has 0 radical (unpaired) electrons.